The first kappa shape index (κ1) is 16.7. The van der Waals surface area contributed by atoms with Crippen molar-refractivity contribution in [2.45, 2.75) is 27.2 Å². The van der Waals surface area contributed by atoms with Crippen molar-refractivity contribution in [2.75, 3.05) is 11.9 Å². The monoisotopic (exact) mass is 314 g/mol. The Morgan fingerprint density at radius 3 is 2.35 bits per heavy atom. The smallest absolute Gasteiger partial charge is 0.314 e. The third-order valence-electron chi connectivity index (χ3n) is 3.66. The van der Waals surface area contributed by atoms with Crippen LogP contribution in [-0.4, -0.2) is 28.1 Å². The zero-order chi connectivity index (χ0) is 17.0. The number of nitrogens with zero attached hydrogens (tertiary/aromatic N) is 2. The van der Waals surface area contributed by atoms with Crippen LogP contribution in [0.2, 0.25) is 0 Å². The highest BCUT2D eigenvalue weighted by Gasteiger charge is 2.14. The molecule has 1 heterocycles. The molecule has 1 aromatic heterocycles. The molecule has 0 fully saturated rings. The van der Waals surface area contributed by atoms with Gasteiger partial charge in [-0.15, -0.1) is 0 Å². The van der Waals surface area contributed by atoms with Gasteiger partial charge in [-0.05, 0) is 43.9 Å². The normalized spacial score (nSPS) is 10.4. The van der Waals surface area contributed by atoms with Crippen LogP contribution in [-0.2, 0) is 23.1 Å². The minimum atomic E-state index is -0.707. The lowest BCUT2D eigenvalue weighted by atomic mass is 9.97. The third kappa shape index (κ3) is 4.42. The SMILES string of the molecule is Cc1cc(C)c(CCNC(=O)C(=O)Nc2ccn(C)n2)c(C)c1. The fourth-order valence-electron chi connectivity index (χ4n) is 2.64. The number of carbonyl (C=O) groups is 2. The minimum Gasteiger partial charge on any atom is -0.347 e. The fourth-order valence-corrected chi connectivity index (χ4v) is 2.64. The zero-order valence-corrected chi connectivity index (χ0v) is 13.9. The number of benzene rings is 1. The van der Waals surface area contributed by atoms with E-state index < -0.39 is 11.8 Å². The molecule has 2 N–H and O–H groups in total. The molecule has 0 atom stereocenters. The number of hydrogen-bond acceptors (Lipinski definition) is 3. The second-order valence-electron chi connectivity index (χ2n) is 5.71. The van der Waals surface area contributed by atoms with Gasteiger partial charge in [-0.1, -0.05) is 17.7 Å². The van der Waals surface area contributed by atoms with Crippen molar-refractivity contribution in [3.05, 3.63) is 46.6 Å². The van der Waals surface area contributed by atoms with E-state index in [0.29, 0.717) is 18.8 Å². The van der Waals surface area contributed by atoms with Crippen LogP contribution in [0.3, 0.4) is 0 Å². The maximum absolute atomic E-state index is 11.8. The van der Waals surface area contributed by atoms with Crippen LogP contribution in [0.1, 0.15) is 22.3 Å². The van der Waals surface area contributed by atoms with Gasteiger partial charge in [0.25, 0.3) is 0 Å². The number of anilines is 1. The van der Waals surface area contributed by atoms with Crippen molar-refractivity contribution in [2.24, 2.45) is 7.05 Å². The van der Waals surface area contributed by atoms with Gasteiger partial charge in [0.2, 0.25) is 0 Å². The molecule has 6 heteroatoms. The predicted octanol–water partition coefficient (Wildman–Crippen LogP) is 1.64. The topological polar surface area (TPSA) is 76.0 Å². The van der Waals surface area contributed by atoms with Crippen molar-refractivity contribution in [1.29, 1.82) is 0 Å². The Morgan fingerprint density at radius 2 is 1.78 bits per heavy atom. The van der Waals surface area contributed by atoms with E-state index in [0.717, 1.165) is 0 Å². The number of amides is 2. The summed E-state index contributed by atoms with van der Waals surface area (Å²) < 4.78 is 1.55. The van der Waals surface area contributed by atoms with E-state index >= 15 is 0 Å². The second kappa shape index (κ2) is 7.09. The van der Waals surface area contributed by atoms with E-state index in [4.69, 9.17) is 0 Å². The van der Waals surface area contributed by atoms with Gasteiger partial charge in [0, 0.05) is 25.9 Å². The maximum atomic E-state index is 11.8. The summed E-state index contributed by atoms with van der Waals surface area (Å²) in [5.74, 6) is -1.00. The maximum Gasteiger partial charge on any atom is 0.314 e. The third-order valence-corrected chi connectivity index (χ3v) is 3.66. The Labute approximate surface area is 135 Å². The highest BCUT2D eigenvalue weighted by Crippen LogP contribution is 2.16. The molecule has 122 valence electrons. The standard InChI is InChI=1S/C17H22N4O2/c1-11-9-12(2)14(13(3)10-11)5-7-18-16(22)17(23)19-15-6-8-21(4)20-15/h6,8-10H,5,7H2,1-4H3,(H,18,22)(H,19,20,23). The summed E-state index contributed by atoms with van der Waals surface area (Å²) >= 11 is 0. The summed E-state index contributed by atoms with van der Waals surface area (Å²) in [6, 6.07) is 5.88. The van der Waals surface area contributed by atoms with Crippen molar-refractivity contribution < 1.29 is 9.59 Å². The molecule has 0 spiro atoms. The van der Waals surface area contributed by atoms with Crippen LogP contribution in [0.4, 0.5) is 5.82 Å². The first-order valence-corrected chi connectivity index (χ1v) is 7.52. The van der Waals surface area contributed by atoms with Gasteiger partial charge in [0.15, 0.2) is 5.82 Å². The number of carbonyl (C=O) groups excluding carboxylic acids is 2. The largest absolute Gasteiger partial charge is 0.347 e. The van der Waals surface area contributed by atoms with Gasteiger partial charge in [-0.25, -0.2) is 0 Å². The number of hydrogen-bond donors (Lipinski definition) is 2. The predicted molar refractivity (Wildman–Crippen MR) is 89.2 cm³/mol. The summed E-state index contributed by atoms with van der Waals surface area (Å²) in [5, 5.41) is 9.10. The van der Waals surface area contributed by atoms with Crippen LogP contribution in [0, 0.1) is 20.8 Å². The number of rotatable bonds is 4. The van der Waals surface area contributed by atoms with E-state index in [9.17, 15) is 9.59 Å². The first-order chi connectivity index (χ1) is 10.9. The quantitative estimate of drug-likeness (QED) is 0.842. The van der Waals surface area contributed by atoms with Crippen molar-refractivity contribution in [3.8, 4) is 0 Å². The van der Waals surface area contributed by atoms with E-state index in [1.165, 1.54) is 22.3 Å². The Hall–Kier alpha value is -2.63. The second-order valence-corrected chi connectivity index (χ2v) is 5.71. The zero-order valence-electron chi connectivity index (χ0n) is 13.9. The lowest BCUT2D eigenvalue weighted by molar-refractivity contribution is -0.136. The van der Waals surface area contributed by atoms with Crippen molar-refractivity contribution in [3.63, 3.8) is 0 Å². The Bertz CT molecular complexity index is 711. The Kier molecular flexibility index (Phi) is 5.16. The van der Waals surface area contributed by atoms with Crippen molar-refractivity contribution >= 4 is 17.6 Å². The van der Waals surface area contributed by atoms with Gasteiger partial charge in [0.1, 0.15) is 0 Å². The number of aromatic nitrogens is 2. The molecule has 0 radical (unpaired) electrons. The lowest BCUT2D eigenvalue weighted by Gasteiger charge is -2.11. The van der Waals surface area contributed by atoms with E-state index in [1.54, 1.807) is 24.0 Å². The molecule has 23 heavy (non-hydrogen) atoms. The molecule has 0 saturated carbocycles. The Morgan fingerprint density at radius 1 is 1.13 bits per heavy atom. The molecule has 2 amide bonds. The van der Waals surface area contributed by atoms with Crippen LogP contribution >= 0.6 is 0 Å². The molecule has 1 aromatic carbocycles. The molecule has 0 saturated heterocycles. The first-order valence-electron chi connectivity index (χ1n) is 7.52. The van der Waals surface area contributed by atoms with Crippen LogP contribution in [0.25, 0.3) is 0 Å². The molecule has 0 aliphatic carbocycles. The van der Waals surface area contributed by atoms with Gasteiger partial charge in [-0.2, -0.15) is 5.10 Å². The summed E-state index contributed by atoms with van der Waals surface area (Å²) in [4.78, 5) is 23.6. The highest BCUT2D eigenvalue weighted by molar-refractivity contribution is 6.39. The summed E-state index contributed by atoms with van der Waals surface area (Å²) in [6.45, 7) is 6.60. The molecular formula is C17H22N4O2. The van der Waals surface area contributed by atoms with Crippen LogP contribution in [0.15, 0.2) is 24.4 Å². The lowest BCUT2D eigenvalue weighted by Crippen LogP contribution is -2.36. The summed E-state index contributed by atoms with van der Waals surface area (Å²) in [6.07, 6.45) is 2.39. The Balaban J connectivity index is 1.86. The van der Waals surface area contributed by atoms with Crippen LogP contribution < -0.4 is 10.6 Å². The minimum absolute atomic E-state index is 0.359. The molecular weight excluding hydrogens is 292 g/mol. The molecule has 0 unspecified atom stereocenters. The average Bonchev–Trinajstić information content (AvgIpc) is 2.86. The molecule has 0 aliphatic rings. The fraction of sp³-hybridized carbons (Fsp3) is 0.353. The average molecular weight is 314 g/mol. The van der Waals surface area contributed by atoms with E-state index in [-0.39, 0.29) is 0 Å². The number of nitrogens with one attached hydrogen (secondary N) is 2. The molecule has 2 aromatic rings. The summed E-state index contributed by atoms with van der Waals surface area (Å²) in [5.41, 5.74) is 4.84. The molecule has 0 aliphatic heterocycles. The highest BCUT2D eigenvalue weighted by atomic mass is 16.2. The van der Waals surface area contributed by atoms with Gasteiger partial charge >= 0.3 is 11.8 Å². The summed E-state index contributed by atoms with van der Waals surface area (Å²) in [7, 11) is 1.74. The molecule has 2 rings (SSSR count). The van der Waals surface area contributed by atoms with E-state index in [2.05, 4.69) is 48.6 Å². The molecule has 6 nitrogen and oxygen atoms in total. The van der Waals surface area contributed by atoms with Crippen molar-refractivity contribution in [1.82, 2.24) is 15.1 Å². The number of aryl methyl sites for hydroxylation is 4. The van der Waals surface area contributed by atoms with Gasteiger partial charge in [0.05, 0.1) is 0 Å². The van der Waals surface area contributed by atoms with E-state index in [1.807, 2.05) is 0 Å². The molecule has 0 bridgehead atoms. The van der Waals surface area contributed by atoms with Gasteiger partial charge in [-0.3, -0.25) is 14.3 Å². The van der Waals surface area contributed by atoms with Crippen LogP contribution in [0.5, 0.6) is 0 Å². The van der Waals surface area contributed by atoms with Gasteiger partial charge < -0.3 is 10.6 Å².